The van der Waals surface area contributed by atoms with Gasteiger partial charge in [0.2, 0.25) is 5.78 Å². The van der Waals surface area contributed by atoms with Crippen LogP contribution in [0.4, 0.5) is 0 Å². The molecule has 1 fully saturated rings. The molecule has 0 atom stereocenters. The highest BCUT2D eigenvalue weighted by Crippen LogP contribution is 2.40. The molecular weight excluding hydrogens is 430 g/mol. The molecule has 34 heavy (non-hydrogen) atoms. The van der Waals surface area contributed by atoms with Crippen LogP contribution in [-0.2, 0) is 6.54 Å². The van der Waals surface area contributed by atoms with E-state index in [1.165, 1.54) is 0 Å². The number of carbonyl (C=O) groups excluding carboxylic acids is 1. The van der Waals surface area contributed by atoms with Gasteiger partial charge in [-0.1, -0.05) is 5.16 Å². The number of hydrogen-bond donors (Lipinski definition) is 0. The Kier molecular flexibility index (Phi) is 4.69. The topological polar surface area (TPSA) is 95.9 Å². The number of imidazole rings is 1. The third-order valence-electron chi connectivity index (χ3n) is 6.46. The Balaban J connectivity index is 1.61. The summed E-state index contributed by atoms with van der Waals surface area (Å²) < 4.78 is 13.2. The predicted octanol–water partition coefficient (Wildman–Crippen LogP) is 4.90. The van der Waals surface area contributed by atoms with Crippen molar-refractivity contribution >= 4 is 27.7 Å². The number of hydrogen-bond acceptors (Lipinski definition) is 7. The molecule has 0 N–H and O–H groups in total. The van der Waals surface area contributed by atoms with Crippen LogP contribution in [0.2, 0.25) is 0 Å². The second-order valence-corrected chi connectivity index (χ2v) is 8.82. The summed E-state index contributed by atoms with van der Waals surface area (Å²) in [7, 11) is 1.65. The largest absolute Gasteiger partial charge is 0.496 e. The molecule has 8 nitrogen and oxygen atoms in total. The standard InChI is InChI=1S/C26H23N5O3/c1-14-23(15(2)34-30-14)19-9-20-18(10-22(19)33-3)24-21(12-28-20)29-26(31(24)13-16-6-7-16)25(32)17-5-4-8-27-11-17/h4-5,8-12,16H,6-7,13H2,1-3H3. The molecule has 1 aromatic carbocycles. The van der Waals surface area contributed by atoms with E-state index in [0.29, 0.717) is 28.6 Å². The lowest BCUT2D eigenvalue weighted by molar-refractivity contribution is 0.102. The molecule has 5 aromatic rings. The van der Waals surface area contributed by atoms with Crippen LogP contribution in [0.3, 0.4) is 0 Å². The number of aromatic nitrogens is 5. The molecule has 1 aliphatic carbocycles. The summed E-state index contributed by atoms with van der Waals surface area (Å²) in [5, 5.41) is 4.99. The molecular formula is C26H23N5O3. The lowest BCUT2D eigenvalue weighted by atomic mass is 10.0. The number of pyridine rings is 2. The highest BCUT2D eigenvalue weighted by Gasteiger charge is 2.28. The minimum Gasteiger partial charge on any atom is -0.496 e. The lowest BCUT2D eigenvalue weighted by Crippen LogP contribution is -2.13. The lowest BCUT2D eigenvalue weighted by Gasteiger charge is -2.13. The highest BCUT2D eigenvalue weighted by atomic mass is 16.5. The molecule has 1 saturated carbocycles. The van der Waals surface area contributed by atoms with E-state index in [1.807, 2.05) is 26.0 Å². The van der Waals surface area contributed by atoms with E-state index < -0.39 is 0 Å². The van der Waals surface area contributed by atoms with Crippen molar-refractivity contribution in [3.63, 3.8) is 0 Å². The molecule has 0 spiro atoms. The van der Waals surface area contributed by atoms with Crippen molar-refractivity contribution in [3.8, 4) is 16.9 Å². The second-order valence-electron chi connectivity index (χ2n) is 8.82. The Morgan fingerprint density at radius 2 is 2.06 bits per heavy atom. The van der Waals surface area contributed by atoms with Gasteiger partial charge in [-0.3, -0.25) is 14.8 Å². The van der Waals surface area contributed by atoms with Crippen LogP contribution in [0.1, 0.15) is 40.5 Å². The summed E-state index contributed by atoms with van der Waals surface area (Å²) in [6.07, 6.45) is 7.29. The van der Waals surface area contributed by atoms with E-state index >= 15 is 0 Å². The average Bonchev–Trinajstić information content (AvgIpc) is 3.52. The fourth-order valence-electron chi connectivity index (χ4n) is 4.61. The number of methoxy groups -OCH3 is 1. The van der Waals surface area contributed by atoms with Crippen LogP contribution in [0.5, 0.6) is 5.75 Å². The molecule has 170 valence electrons. The van der Waals surface area contributed by atoms with Gasteiger partial charge in [-0.05, 0) is 56.9 Å². The molecule has 0 unspecified atom stereocenters. The van der Waals surface area contributed by atoms with E-state index in [9.17, 15) is 4.79 Å². The third kappa shape index (κ3) is 3.25. The maximum atomic E-state index is 13.4. The quantitative estimate of drug-likeness (QED) is 0.337. The Bertz CT molecular complexity index is 1540. The number of fused-ring (bicyclic) bond motifs is 3. The molecule has 0 saturated heterocycles. The van der Waals surface area contributed by atoms with Gasteiger partial charge in [-0.15, -0.1) is 0 Å². The van der Waals surface area contributed by atoms with E-state index in [0.717, 1.165) is 58.4 Å². The number of benzene rings is 1. The maximum absolute atomic E-state index is 13.4. The summed E-state index contributed by atoms with van der Waals surface area (Å²) in [6.45, 7) is 4.54. The predicted molar refractivity (Wildman–Crippen MR) is 127 cm³/mol. The molecule has 0 bridgehead atoms. The van der Waals surface area contributed by atoms with E-state index in [2.05, 4.69) is 19.7 Å². The molecule has 0 aliphatic heterocycles. The Hall–Kier alpha value is -4.07. The number of nitrogens with zero attached hydrogens (tertiary/aromatic N) is 5. The summed E-state index contributed by atoms with van der Waals surface area (Å²) in [5.41, 5.74) is 5.46. The Labute approximate surface area is 195 Å². The van der Waals surface area contributed by atoms with Crippen LogP contribution in [0.25, 0.3) is 33.1 Å². The fraction of sp³-hybridized carbons (Fsp3) is 0.269. The number of aryl methyl sites for hydroxylation is 2. The Morgan fingerprint density at radius 1 is 1.21 bits per heavy atom. The van der Waals surface area contributed by atoms with Crippen molar-refractivity contribution in [1.82, 2.24) is 24.7 Å². The first-order chi connectivity index (χ1) is 16.5. The zero-order valence-electron chi connectivity index (χ0n) is 19.2. The molecule has 0 radical (unpaired) electrons. The Morgan fingerprint density at radius 3 is 2.74 bits per heavy atom. The van der Waals surface area contributed by atoms with Crippen LogP contribution >= 0.6 is 0 Å². The molecule has 4 heterocycles. The molecule has 0 amide bonds. The van der Waals surface area contributed by atoms with Crippen molar-refractivity contribution in [2.75, 3.05) is 7.11 Å². The van der Waals surface area contributed by atoms with Crippen molar-refractivity contribution in [1.29, 1.82) is 0 Å². The van der Waals surface area contributed by atoms with Crippen LogP contribution < -0.4 is 4.74 Å². The van der Waals surface area contributed by atoms with Gasteiger partial charge in [0.05, 0.1) is 35.6 Å². The number of carbonyl (C=O) groups is 1. The van der Waals surface area contributed by atoms with E-state index in [4.69, 9.17) is 14.2 Å². The minimum atomic E-state index is -0.141. The van der Waals surface area contributed by atoms with Gasteiger partial charge >= 0.3 is 0 Å². The first-order valence-electron chi connectivity index (χ1n) is 11.3. The SMILES string of the molecule is COc1cc2c(cc1-c1c(C)noc1C)ncc1nc(C(=O)c3cccnc3)n(CC3CC3)c12. The molecule has 6 rings (SSSR count). The van der Waals surface area contributed by atoms with Crippen LogP contribution in [0, 0.1) is 19.8 Å². The number of rotatable bonds is 6. The summed E-state index contributed by atoms with van der Waals surface area (Å²) >= 11 is 0. The normalized spacial score (nSPS) is 13.6. The van der Waals surface area contributed by atoms with Gasteiger partial charge in [0.1, 0.15) is 17.0 Å². The van der Waals surface area contributed by atoms with Gasteiger partial charge < -0.3 is 13.8 Å². The van der Waals surface area contributed by atoms with Gasteiger partial charge in [0.15, 0.2) is 5.82 Å². The van der Waals surface area contributed by atoms with E-state index in [-0.39, 0.29) is 5.78 Å². The second kappa shape index (κ2) is 7.76. The van der Waals surface area contributed by atoms with Crippen molar-refractivity contribution < 1.29 is 14.1 Å². The highest BCUT2D eigenvalue weighted by molar-refractivity contribution is 6.11. The van der Waals surface area contributed by atoms with Gasteiger partial charge in [0.25, 0.3) is 0 Å². The van der Waals surface area contributed by atoms with Gasteiger partial charge in [0, 0.05) is 35.5 Å². The third-order valence-corrected chi connectivity index (χ3v) is 6.46. The van der Waals surface area contributed by atoms with Crippen LogP contribution in [0.15, 0.2) is 47.4 Å². The van der Waals surface area contributed by atoms with Gasteiger partial charge in [-0.2, -0.15) is 0 Å². The fourth-order valence-corrected chi connectivity index (χ4v) is 4.61. The molecule has 4 aromatic heterocycles. The number of ketones is 1. The first kappa shape index (κ1) is 20.5. The summed E-state index contributed by atoms with van der Waals surface area (Å²) in [5.74, 6) is 2.23. The summed E-state index contributed by atoms with van der Waals surface area (Å²) in [4.78, 5) is 26.9. The van der Waals surface area contributed by atoms with Crippen molar-refractivity contribution in [2.45, 2.75) is 33.2 Å². The van der Waals surface area contributed by atoms with Crippen molar-refractivity contribution in [2.24, 2.45) is 5.92 Å². The minimum absolute atomic E-state index is 0.141. The summed E-state index contributed by atoms with van der Waals surface area (Å²) in [6, 6.07) is 7.51. The first-order valence-corrected chi connectivity index (χ1v) is 11.3. The van der Waals surface area contributed by atoms with Gasteiger partial charge in [-0.25, -0.2) is 4.98 Å². The van der Waals surface area contributed by atoms with Crippen LogP contribution in [-0.4, -0.2) is 37.6 Å². The average molecular weight is 454 g/mol. The zero-order chi connectivity index (χ0) is 23.4. The number of ether oxygens (including phenoxy) is 1. The smallest absolute Gasteiger partial charge is 0.230 e. The molecule has 8 heteroatoms. The molecule has 1 aliphatic rings. The monoisotopic (exact) mass is 453 g/mol. The van der Waals surface area contributed by atoms with Crippen molar-refractivity contribution in [3.05, 3.63) is 65.7 Å². The van der Waals surface area contributed by atoms with E-state index in [1.54, 1.807) is 37.8 Å². The maximum Gasteiger partial charge on any atom is 0.230 e. The zero-order valence-corrected chi connectivity index (χ0v) is 19.2.